The maximum atomic E-state index is 4.66. The first-order valence-corrected chi connectivity index (χ1v) is 8.40. The highest BCUT2D eigenvalue weighted by Crippen LogP contribution is 2.33. The summed E-state index contributed by atoms with van der Waals surface area (Å²) in [4.78, 5) is 11.8. The Kier molecular flexibility index (Phi) is 4.05. The number of nitrogens with zero attached hydrogens (tertiary/aromatic N) is 2. The lowest BCUT2D eigenvalue weighted by Gasteiger charge is -2.09. The van der Waals surface area contributed by atoms with Crippen LogP contribution in [0.3, 0.4) is 0 Å². The second-order valence-electron chi connectivity index (χ2n) is 5.43. The highest BCUT2D eigenvalue weighted by molar-refractivity contribution is 7.18. The maximum absolute atomic E-state index is 4.66. The summed E-state index contributed by atoms with van der Waals surface area (Å²) in [6.45, 7) is 6.29. The number of fused-ring (bicyclic) bond motifs is 1. The Morgan fingerprint density at radius 2 is 2.10 bits per heavy atom. The Labute approximate surface area is 124 Å². The van der Waals surface area contributed by atoms with Gasteiger partial charge in [-0.3, -0.25) is 0 Å². The van der Waals surface area contributed by atoms with E-state index in [0.717, 1.165) is 48.4 Å². The van der Waals surface area contributed by atoms with Crippen molar-refractivity contribution >= 4 is 33.3 Å². The van der Waals surface area contributed by atoms with Crippen molar-refractivity contribution in [3.05, 3.63) is 10.9 Å². The van der Waals surface area contributed by atoms with Gasteiger partial charge in [0.1, 0.15) is 10.6 Å². The second kappa shape index (κ2) is 5.95. The predicted molar refractivity (Wildman–Crippen MR) is 86.8 cm³/mol. The minimum absolute atomic E-state index is 0.752. The smallest absolute Gasteiger partial charge is 0.226 e. The minimum atomic E-state index is 0.752. The molecule has 2 N–H and O–H groups in total. The van der Waals surface area contributed by atoms with Crippen molar-refractivity contribution in [2.24, 2.45) is 5.92 Å². The molecule has 0 bridgehead atoms. The number of hydrogen-bond donors (Lipinski definition) is 2. The van der Waals surface area contributed by atoms with E-state index in [1.165, 1.54) is 23.1 Å². The lowest BCUT2D eigenvalue weighted by atomic mass is 10.3. The molecular formula is C15H22N4S. The maximum Gasteiger partial charge on any atom is 0.226 e. The van der Waals surface area contributed by atoms with E-state index in [1.54, 1.807) is 11.3 Å². The molecule has 5 heteroatoms. The quantitative estimate of drug-likeness (QED) is 0.812. The van der Waals surface area contributed by atoms with E-state index >= 15 is 0 Å². The van der Waals surface area contributed by atoms with Gasteiger partial charge in [-0.05, 0) is 37.7 Å². The van der Waals surface area contributed by atoms with Crippen LogP contribution in [0.1, 0.15) is 38.0 Å². The van der Waals surface area contributed by atoms with Crippen LogP contribution in [-0.4, -0.2) is 23.1 Å². The minimum Gasteiger partial charge on any atom is -0.369 e. The van der Waals surface area contributed by atoms with Gasteiger partial charge in [-0.25, -0.2) is 4.98 Å². The largest absolute Gasteiger partial charge is 0.369 e. The fraction of sp³-hybridized carbons (Fsp3) is 0.600. The number of hydrogen-bond acceptors (Lipinski definition) is 5. The van der Waals surface area contributed by atoms with Crippen LogP contribution < -0.4 is 10.6 Å². The van der Waals surface area contributed by atoms with Gasteiger partial charge in [0.25, 0.3) is 0 Å². The van der Waals surface area contributed by atoms with Crippen LogP contribution >= 0.6 is 11.3 Å². The van der Waals surface area contributed by atoms with Crippen molar-refractivity contribution < 1.29 is 0 Å². The molecule has 4 nitrogen and oxygen atoms in total. The summed E-state index contributed by atoms with van der Waals surface area (Å²) in [5, 5.41) is 8.00. The molecule has 2 aromatic rings. The SMILES string of the molecule is CCCNc1nc(NCC2CC2)c2cc(CC)sc2n1. The molecule has 2 aromatic heterocycles. The molecule has 0 aliphatic heterocycles. The normalized spacial score (nSPS) is 14.7. The van der Waals surface area contributed by atoms with Crippen LogP contribution in [0.2, 0.25) is 0 Å². The lowest BCUT2D eigenvalue weighted by molar-refractivity contribution is 0.882. The van der Waals surface area contributed by atoms with E-state index in [-0.39, 0.29) is 0 Å². The highest BCUT2D eigenvalue weighted by Gasteiger charge is 2.21. The van der Waals surface area contributed by atoms with Gasteiger partial charge in [0.15, 0.2) is 0 Å². The molecule has 0 unspecified atom stereocenters. The van der Waals surface area contributed by atoms with Gasteiger partial charge in [0.05, 0.1) is 5.39 Å². The number of nitrogens with one attached hydrogen (secondary N) is 2. The zero-order valence-electron chi connectivity index (χ0n) is 12.2. The topological polar surface area (TPSA) is 49.8 Å². The average Bonchev–Trinajstić information content (AvgIpc) is 3.20. The van der Waals surface area contributed by atoms with Crippen molar-refractivity contribution in [2.75, 3.05) is 23.7 Å². The Morgan fingerprint density at radius 3 is 2.80 bits per heavy atom. The van der Waals surface area contributed by atoms with Crippen molar-refractivity contribution in [1.29, 1.82) is 0 Å². The van der Waals surface area contributed by atoms with Gasteiger partial charge in [-0.2, -0.15) is 4.98 Å². The van der Waals surface area contributed by atoms with Gasteiger partial charge in [-0.15, -0.1) is 11.3 Å². The third kappa shape index (κ3) is 3.03. The van der Waals surface area contributed by atoms with Crippen LogP contribution in [-0.2, 0) is 6.42 Å². The standard InChI is InChI=1S/C15H22N4S/c1-3-7-16-15-18-13(17-9-10-5-6-10)12-8-11(4-2)20-14(12)19-15/h8,10H,3-7,9H2,1-2H3,(H2,16,17,18,19). The summed E-state index contributed by atoms with van der Waals surface area (Å²) in [6, 6.07) is 2.23. The van der Waals surface area contributed by atoms with Crippen LogP contribution in [0.15, 0.2) is 6.07 Å². The monoisotopic (exact) mass is 290 g/mol. The fourth-order valence-corrected chi connectivity index (χ4v) is 3.13. The molecule has 1 saturated carbocycles. The summed E-state index contributed by atoms with van der Waals surface area (Å²) in [5.41, 5.74) is 0. The number of thiophene rings is 1. The molecule has 20 heavy (non-hydrogen) atoms. The van der Waals surface area contributed by atoms with Gasteiger partial charge >= 0.3 is 0 Å². The molecule has 0 atom stereocenters. The van der Waals surface area contributed by atoms with Crippen LogP contribution in [0.5, 0.6) is 0 Å². The number of aryl methyl sites for hydroxylation is 1. The molecule has 0 aromatic carbocycles. The fourth-order valence-electron chi connectivity index (χ4n) is 2.16. The van der Waals surface area contributed by atoms with E-state index in [1.807, 2.05) is 0 Å². The molecule has 1 aliphatic carbocycles. The first-order valence-electron chi connectivity index (χ1n) is 7.58. The zero-order chi connectivity index (χ0) is 13.9. The Bertz CT molecular complexity index is 589. The van der Waals surface area contributed by atoms with Crippen molar-refractivity contribution in [3.63, 3.8) is 0 Å². The Morgan fingerprint density at radius 1 is 1.25 bits per heavy atom. The zero-order valence-corrected chi connectivity index (χ0v) is 13.0. The first-order chi connectivity index (χ1) is 9.80. The molecule has 0 saturated heterocycles. The van der Waals surface area contributed by atoms with E-state index in [2.05, 4.69) is 40.5 Å². The van der Waals surface area contributed by atoms with Crippen molar-refractivity contribution in [1.82, 2.24) is 9.97 Å². The second-order valence-corrected chi connectivity index (χ2v) is 6.55. The molecule has 108 valence electrons. The molecule has 2 heterocycles. The molecule has 1 fully saturated rings. The first kappa shape index (κ1) is 13.6. The molecule has 0 amide bonds. The summed E-state index contributed by atoms with van der Waals surface area (Å²) in [7, 11) is 0. The Balaban J connectivity index is 1.90. The van der Waals surface area contributed by atoms with Crippen molar-refractivity contribution in [3.8, 4) is 0 Å². The molecule has 3 rings (SSSR count). The van der Waals surface area contributed by atoms with Crippen molar-refractivity contribution in [2.45, 2.75) is 39.5 Å². The van der Waals surface area contributed by atoms with Gasteiger partial charge in [-0.1, -0.05) is 13.8 Å². The average molecular weight is 290 g/mol. The molecule has 1 aliphatic rings. The third-order valence-corrected chi connectivity index (χ3v) is 4.75. The highest BCUT2D eigenvalue weighted by atomic mass is 32.1. The van der Waals surface area contributed by atoms with E-state index < -0.39 is 0 Å². The summed E-state index contributed by atoms with van der Waals surface area (Å²) < 4.78 is 0. The van der Waals surface area contributed by atoms with Gasteiger partial charge in [0, 0.05) is 18.0 Å². The predicted octanol–water partition coefficient (Wildman–Crippen LogP) is 3.90. The van der Waals surface area contributed by atoms with E-state index in [9.17, 15) is 0 Å². The van der Waals surface area contributed by atoms with Crippen LogP contribution in [0.25, 0.3) is 10.2 Å². The van der Waals surface area contributed by atoms with Gasteiger partial charge < -0.3 is 10.6 Å². The third-order valence-electron chi connectivity index (χ3n) is 3.58. The molecular weight excluding hydrogens is 268 g/mol. The van der Waals surface area contributed by atoms with Crippen LogP contribution in [0.4, 0.5) is 11.8 Å². The summed E-state index contributed by atoms with van der Waals surface area (Å²) in [5.74, 6) is 2.59. The Hall–Kier alpha value is -1.36. The molecule has 0 radical (unpaired) electrons. The number of aromatic nitrogens is 2. The summed E-state index contributed by atoms with van der Waals surface area (Å²) >= 11 is 1.78. The van der Waals surface area contributed by atoms with Gasteiger partial charge in [0.2, 0.25) is 5.95 Å². The van der Waals surface area contributed by atoms with Crippen LogP contribution in [0, 0.1) is 5.92 Å². The lowest BCUT2D eigenvalue weighted by Crippen LogP contribution is -2.09. The van der Waals surface area contributed by atoms with E-state index in [4.69, 9.17) is 0 Å². The molecule has 0 spiro atoms. The number of rotatable bonds is 7. The van der Waals surface area contributed by atoms with E-state index in [0.29, 0.717) is 0 Å². The number of anilines is 2. The summed E-state index contributed by atoms with van der Waals surface area (Å²) in [6.07, 6.45) is 4.84.